The number of amides is 1. The topological polar surface area (TPSA) is 91.4 Å². The number of nitrogens with zero attached hydrogens (tertiary/aromatic N) is 2. The number of ether oxygens (including phenoxy) is 2. The molecule has 0 aliphatic rings. The lowest BCUT2D eigenvalue weighted by atomic mass is 10.2. The molecule has 0 radical (unpaired) electrons. The second-order valence-corrected chi connectivity index (χ2v) is 5.46. The summed E-state index contributed by atoms with van der Waals surface area (Å²) in [6.07, 6.45) is 2.80. The van der Waals surface area contributed by atoms with E-state index in [4.69, 9.17) is 15.2 Å². The van der Waals surface area contributed by atoms with E-state index in [2.05, 4.69) is 10.4 Å². The maximum atomic E-state index is 12.0. The number of aromatic nitrogens is 2. The highest BCUT2D eigenvalue weighted by molar-refractivity contribution is 5.90. The number of rotatable bonds is 8. The predicted molar refractivity (Wildman–Crippen MR) is 99.8 cm³/mol. The van der Waals surface area contributed by atoms with Gasteiger partial charge in [-0.15, -0.1) is 12.4 Å². The minimum Gasteiger partial charge on any atom is -0.493 e. The summed E-state index contributed by atoms with van der Waals surface area (Å²) in [7, 11) is 3.20. The molecule has 0 aliphatic heterocycles. The molecule has 8 heteroatoms. The summed E-state index contributed by atoms with van der Waals surface area (Å²) >= 11 is 0. The molecule has 7 nitrogen and oxygen atoms in total. The van der Waals surface area contributed by atoms with Crippen LogP contribution in [0.15, 0.2) is 24.4 Å². The van der Waals surface area contributed by atoms with Crippen molar-refractivity contribution in [3.05, 3.63) is 35.5 Å². The van der Waals surface area contributed by atoms with E-state index in [1.54, 1.807) is 25.1 Å². The first-order valence-corrected chi connectivity index (χ1v) is 7.82. The van der Waals surface area contributed by atoms with Gasteiger partial charge in [0.25, 0.3) is 0 Å². The third-order valence-corrected chi connectivity index (χ3v) is 3.67. The Hall–Kier alpha value is -2.25. The molecule has 0 saturated carbocycles. The highest BCUT2D eigenvalue weighted by atomic mass is 35.5. The first-order chi connectivity index (χ1) is 11.6. The van der Waals surface area contributed by atoms with Crippen LogP contribution in [-0.2, 0) is 11.3 Å². The number of halogens is 1. The zero-order valence-corrected chi connectivity index (χ0v) is 15.6. The van der Waals surface area contributed by atoms with E-state index in [1.165, 1.54) is 0 Å². The molecule has 2 rings (SSSR count). The Labute approximate surface area is 153 Å². The van der Waals surface area contributed by atoms with Gasteiger partial charge in [-0.3, -0.25) is 4.79 Å². The van der Waals surface area contributed by atoms with Gasteiger partial charge in [-0.1, -0.05) is 6.07 Å². The quantitative estimate of drug-likeness (QED) is 0.746. The summed E-state index contributed by atoms with van der Waals surface area (Å²) in [5, 5.41) is 7.26. The fourth-order valence-corrected chi connectivity index (χ4v) is 2.37. The number of aryl methyl sites for hydroxylation is 1. The van der Waals surface area contributed by atoms with Crippen LogP contribution in [0.1, 0.15) is 24.0 Å². The van der Waals surface area contributed by atoms with Gasteiger partial charge in [0.2, 0.25) is 5.91 Å². The van der Waals surface area contributed by atoms with Gasteiger partial charge in [0, 0.05) is 12.0 Å². The van der Waals surface area contributed by atoms with Crippen molar-refractivity contribution in [2.45, 2.75) is 26.3 Å². The largest absolute Gasteiger partial charge is 0.493 e. The normalized spacial score (nSPS) is 10.1. The summed E-state index contributed by atoms with van der Waals surface area (Å²) in [6, 6.07) is 5.69. The molecule has 0 bridgehead atoms. The number of methoxy groups -OCH3 is 2. The van der Waals surface area contributed by atoms with Gasteiger partial charge in [0.1, 0.15) is 5.82 Å². The smallest absolute Gasteiger partial charge is 0.225 e. The van der Waals surface area contributed by atoms with Crippen molar-refractivity contribution in [3.63, 3.8) is 0 Å². The molecule has 1 aromatic carbocycles. The van der Waals surface area contributed by atoms with Gasteiger partial charge in [0.05, 0.1) is 27.0 Å². The Morgan fingerprint density at radius 2 is 2.00 bits per heavy atom. The molecular weight excluding hydrogens is 344 g/mol. The van der Waals surface area contributed by atoms with Crippen molar-refractivity contribution < 1.29 is 14.3 Å². The number of benzene rings is 1. The summed E-state index contributed by atoms with van der Waals surface area (Å²) in [6.45, 7) is 2.93. The maximum Gasteiger partial charge on any atom is 0.225 e. The van der Waals surface area contributed by atoms with E-state index in [-0.39, 0.29) is 18.3 Å². The third kappa shape index (κ3) is 5.37. The SMILES string of the molecule is COc1ccc(Cn2ncc(C)c2NC(=O)CCCN)cc1OC.Cl. The zero-order chi connectivity index (χ0) is 17.5. The van der Waals surface area contributed by atoms with Gasteiger partial charge >= 0.3 is 0 Å². The molecule has 0 fully saturated rings. The third-order valence-electron chi connectivity index (χ3n) is 3.67. The van der Waals surface area contributed by atoms with Gasteiger partial charge in [-0.2, -0.15) is 5.10 Å². The number of hydrogen-bond donors (Lipinski definition) is 2. The summed E-state index contributed by atoms with van der Waals surface area (Å²) in [5.74, 6) is 1.98. The van der Waals surface area contributed by atoms with Crippen LogP contribution < -0.4 is 20.5 Å². The molecular formula is C17H25ClN4O3. The average molecular weight is 369 g/mol. The first kappa shape index (κ1) is 20.8. The van der Waals surface area contributed by atoms with Crippen LogP contribution >= 0.6 is 12.4 Å². The standard InChI is InChI=1S/C17H24N4O3.ClH/c1-12-10-19-21(17(12)20-16(22)5-4-8-18)11-13-6-7-14(23-2)15(9-13)24-3;/h6-7,9-10H,4-5,8,11,18H2,1-3H3,(H,20,22);1H. The molecule has 138 valence electrons. The molecule has 0 aliphatic carbocycles. The van der Waals surface area contributed by atoms with Crippen molar-refractivity contribution in [3.8, 4) is 11.5 Å². The first-order valence-electron chi connectivity index (χ1n) is 7.82. The van der Waals surface area contributed by atoms with Crippen molar-refractivity contribution in [2.75, 3.05) is 26.1 Å². The van der Waals surface area contributed by atoms with E-state index in [9.17, 15) is 4.79 Å². The number of nitrogens with one attached hydrogen (secondary N) is 1. The molecule has 0 unspecified atom stereocenters. The lowest BCUT2D eigenvalue weighted by Crippen LogP contribution is -2.17. The van der Waals surface area contributed by atoms with E-state index in [0.717, 1.165) is 11.1 Å². The Balaban J connectivity index is 0.00000312. The monoisotopic (exact) mass is 368 g/mol. The Morgan fingerprint density at radius 3 is 2.64 bits per heavy atom. The van der Waals surface area contributed by atoms with Crippen LogP contribution in [0.25, 0.3) is 0 Å². The van der Waals surface area contributed by atoms with E-state index >= 15 is 0 Å². The molecule has 0 saturated heterocycles. The number of anilines is 1. The maximum absolute atomic E-state index is 12.0. The molecule has 3 N–H and O–H groups in total. The molecule has 1 heterocycles. The van der Waals surface area contributed by atoms with E-state index in [1.807, 2.05) is 25.1 Å². The fraction of sp³-hybridized carbons (Fsp3) is 0.412. The number of carbonyl (C=O) groups is 1. The van der Waals surface area contributed by atoms with Crippen LogP contribution in [0.3, 0.4) is 0 Å². The predicted octanol–water partition coefficient (Wildman–Crippen LogP) is 2.36. The minimum absolute atomic E-state index is 0. The van der Waals surface area contributed by atoms with Crippen molar-refractivity contribution in [2.24, 2.45) is 5.73 Å². The highest BCUT2D eigenvalue weighted by Gasteiger charge is 2.12. The van der Waals surface area contributed by atoms with Crippen molar-refractivity contribution in [1.82, 2.24) is 9.78 Å². The van der Waals surface area contributed by atoms with Crippen LogP contribution in [0, 0.1) is 6.92 Å². The number of nitrogens with two attached hydrogens (primary N) is 1. The molecule has 0 spiro atoms. The molecule has 0 atom stereocenters. The van der Waals surface area contributed by atoms with Crippen molar-refractivity contribution in [1.29, 1.82) is 0 Å². The molecule has 25 heavy (non-hydrogen) atoms. The second kappa shape index (κ2) is 9.90. The summed E-state index contributed by atoms with van der Waals surface area (Å²) in [4.78, 5) is 12.0. The number of hydrogen-bond acceptors (Lipinski definition) is 5. The van der Waals surface area contributed by atoms with Crippen LogP contribution in [0.2, 0.25) is 0 Å². The second-order valence-electron chi connectivity index (χ2n) is 5.46. The summed E-state index contributed by atoms with van der Waals surface area (Å²) in [5.41, 5.74) is 7.35. The fourth-order valence-electron chi connectivity index (χ4n) is 2.37. The van der Waals surface area contributed by atoms with Crippen LogP contribution in [-0.4, -0.2) is 36.5 Å². The lowest BCUT2D eigenvalue weighted by molar-refractivity contribution is -0.116. The average Bonchev–Trinajstić information content (AvgIpc) is 2.93. The van der Waals surface area contributed by atoms with Gasteiger partial charge in [-0.05, 0) is 37.6 Å². The van der Waals surface area contributed by atoms with E-state index in [0.29, 0.717) is 43.2 Å². The summed E-state index contributed by atoms with van der Waals surface area (Å²) < 4.78 is 12.3. The molecule has 1 aromatic heterocycles. The molecule has 1 amide bonds. The molecule has 2 aromatic rings. The highest BCUT2D eigenvalue weighted by Crippen LogP contribution is 2.28. The van der Waals surface area contributed by atoms with Gasteiger partial charge < -0.3 is 20.5 Å². The minimum atomic E-state index is -0.0578. The Kier molecular flexibility index (Phi) is 8.24. The van der Waals surface area contributed by atoms with E-state index < -0.39 is 0 Å². The van der Waals surface area contributed by atoms with Crippen LogP contribution in [0.5, 0.6) is 11.5 Å². The Bertz CT molecular complexity index is 703. The zero-order valence-electron chi connectivity index (χ0n) is 14.7. The number of carbonyl (C=O) groups excluding carboxylic acids is 1. The Morgan fingerprint density at radius 1 is 1.28 bits per heavy atom. The van der Waals surface area contributed by atoms with Crippen molar-refractivity contribution >= 4 is 24.1 Å². The van der Waals surface area contributed by atoms with Crippen LogP contribution in [0.4, 0.5) is 5.82 Å². The lowest BCUT2D eigenvalue weighted by Gasteiger charge is -2.12. The van der Waals surface area contributed by atoms with Gasteiger partial charge in [-0.25, -0.2) is 4.68 Å². The van der Waals surface area contributed by atoms with Gasteiger partial charge in [0.15, 0.2) is 11.5 Å².